The molecule has 0 heterocycles. The summed E-state index contributed by atoms with van der Waals surface area (Å²) in [6.07, 6.45) is 1.10. The van der Waals surface area contributed by atoms with Crippen LogP contribution in [0, 0.1) is 11.6 Å². The molecule has 0 aliphatic rings. The Bertz CT molecular complexity index is 317. The lowest BCUT2D eigenvalue weighted by Crippen LogP contribution is -2.14. The van der Waals surface area contributed by atoms with Gasteiger partial charge in [0.2, 0.25) is 0 Å². The van der Waals surface area contributed by atoms with Crippen molar-refractivity contribution in [3.8, 4) is 0 Å². The molecular weight excluding hydrogens is 200 g/mol. The minimum atomic E-state index is -0.846. The van der Waals surface area contributed by atoms with Crippen LogP contribution in [0.5, 0.6) is 0 Å². The fourth-order valence-electron chi connectivity index (χ4n) is 1.37. The van der Waals surface area contributed by atoms with Gasteiger partial charge in [0.15, 0.2) is 11.6 Å². The van der Waals surface area contributed by atoms with E-state index in [1.165, 1.54) is 6.07 Å². The highest BCUT2D eigenvalue weighted by Gasteiger charge is 2.06. The Morgan fingerprint density at radius 2 is 1.93 bits per heavy atom. The van der Waals surface area contributed by atoms with Crippen LogP contribution in [-0.2, 0) is 6.42 Å². The molecule has 1 aromatic carbocycles. The molecule has 84 valence electrons. The standard InChI is InChI=1S/C11H15F2NO/c12-10-4-2-8(7-11(10)13)1-3-9(15)5-6-14/h2,4,7,9,15H,1,3,5-6,14H2. The molecule has 0 radical (unpaired) electrons. The van der Waals surface area contributed by atoms with E-state index in [0.29, 0.717) is 31.4 Å². The fourth-order valence-corrected chi connectivity index (χ4v) is 1.37. The van der Waals surface area contributed by atoms with E-state index in [9.17, 15) is 13.9 Å². The fraction of sp³-hybridized carbons (Fsp3) is 0.455. The maximum absolute atomic E-state index is 12.8. The summed E-state index contributed by atoms with van der Waals surface area (Å²) in [6, 6.07) is 3.78. The van der Waals surface area contributed by atoms with Gasteiger partial charge in [-0.25, -0.2) is 8.78 Å². The largest absolute Gasteiger partial charge is 0.393 e. The summed E-state index contributed by atoms with van der Waals surface area (Å²) in [5.74, 6) is -1.69. The van der Waals surface area contributed by atoms with E-state index in [0.717, 1.165) is 12.1 Å². The zero-order chi connectivity index (χ0) is 11.3. The summed E-state index contributed by atoms with van der Waals surface area (Å²) in [6.45, 7) is 0.430. The van der Waals surface area contributed by atoms with Crippen LogP contribution in [-0.4, -0.2) is 17.8 Å². The van der Waals surface area contributed by atoms with Crippen LogP contribution in [0.15, 0.2) is 18.2 Å². The third-order valence-corrected chi connectivity index (χ3v) is 2.25. The number of benzene rings is 1. The van der Waals surface area contributed by atoms with Gasteiger partial charge in [-0.05, 0) is 43.5 Å². The van der Waals surface area contributed by atoms with Crippen LogP contribution in [0.25, 0.3) is 0 Å². The van der Waals surface area contributed by atoms with Crippen molar-refractivity contribution in [1.82, 2.24) is 0 Å². The molecule has 4 heteroatoms. The SMILES string of the molecule is NCCC(O)CCc1ccc(F)c(F)c1. The molecule has 1 rings (SSSR count). The molecule has 0 spiro atoms. The first-order valence-electron chi connectivity index (χ1n) is 4.95. The monoisotopic (exact) mass is 215 g/mol. The van der Waals surface area contributed by atoms with Crippen molar-refractivity contribution in [3.05, 3.63) is 35.4 Å². The average Bonchev–Trinajstić information content (AvgIpc) is 2.20. The van der Waals surface area contributed by atoms with Crippen molar-refractivity contribution in [2.45, 2.75) is 25.4 Å². The molecule has 3 N–H and O–H groups in total. The Kier molecular flexibility index (Phi) is 4.65. The Hall–Kier alpha value is -1.00. The minimum absolute atomic E-state index is 0.430. The van der Waals surface area contributed by atoms with Crippen LogP contribution in [0.1, 0.15) is 18.4 Å². The van der Waals surface area contributed by atoms with Gasteiger partial charge in [0.25, 0.3) is 0 Å². The molecule has 1 atom stereocenters. The van der Waals surface area contributed by atoms with Crippen LogP contribution >= 0.6 is 0 Å². The summed E-state index contributed by atoms with van der Waals surface area (Å²) in [7, 11) is 0. The lowest BCUT2D eigenvalue weighted by molar-refractivity contribution is 0.157. The molecular formula is C11H15F2NO. The van der Waals surface area contributed by atoms with Crippen LogP contribution in [0.3, 0.4) is 0 Å². The molecule has 1 unspecified atom stereocenters. The van der Waals surface area contributed by atoms with Gasteiger partial charge in [0, 0.05) is 0 Å². The van der Waals surface area contributed by atoms with Crippen molar-refractivity contribution in [2.24, 2.45) is 5.73 Å². The summed E-state index contributed by atoms with van der Waals surface area (Å²) in [5.41, 5.74) is 5.96. The lowest BCUT2D eigenvalue weighted by atomic mass is 10.0. The third-order valence-electron chi connectivity index (χ3n) is 2.25. The number of halogens is 2. The topological polar surface area (TPSA) is 46.2 Å². The Balaban J connectivity index is 2.47. The number of rotatable bonds is 5. The highest BCUT2D eigenvalue weighted by atomic mass is 19.2. The van der Waals surface area contributed by atoms with Gasteiger partial charge < -0.3 is 10.8 Å². The highest BCUT2D eigenvalue weighted by molar-refractivity contribution is 5.17. The molecule has 0 amide bonds. The molecule has 0 fully saturated rings. The summed E-state index contributed by atoms with van der Waals surface area (Å²) in [4.78, 5) is 0. The van der Waals surface area contributed by atoms with Gasteiger partial charge in [-0.15, -0.1) is 0 Å². The Labute approximate surface area is 87.7 Å². The average molecular weight is 215 g/mol. The molecule has 0 aliphatic heterocycles. The number of aryl methyl sites for hydroxylation is 1. The predicted molar refractivity (Wildman–Crippen MR) is 54.4 cm³/mol. The summed E-state index contributed by atoms with van der Waals surface area (Å²) >= 11 is 0. The second-order valence-corrected chi connectivity index (χ2v) is 3.52. The first kappa shape index (κ1) is 12.1. The van der Waals surface area contributed by atoms with Gasteiger partial charge in [0.05, 0.1) is 6.10 Å². The van der Waals surface area contributed by atoms with E-state index in [4.69, 9.17) is 5.73 Å². The molecule has 2 nitrogen and oxygen atoms in total. The summed E-state index contributed by atoms with van der Waals surface area (Å²) in [5, 5.41) is 9.39. The maximum atomic E-state index is 12.8. The molecule has 0 bridgehead atoms. The number of hydrogen-bond donors (Lipinski definition) is 2. The number of aliphatic hydroxyl groups is 1. The second kappa shape index (κ2) is 5.78. The molecule has 1 aromatic rings. The molecule has 15 heavy (non-hydrogen) atoms. The normalized spacial score (nSPS) is 12.8. The van der Waals surface area contributed by atoms with Gasteiger partial charge in [-0.3, -0.25) is 0 Å². The van der Waals surface area contributed by atoms with E-state index in [1.807, 2.05) is 0 Å². The highest BCUT2D eigenvalue weighted by Crippen LogP contribution is 2.11. The zero-order valence-corrected chi connectivity index (χ0v) is 8.42. The zero-order valence-electron chi connectivity index (χ0n) is 8.42. The van der Waals surface area contributed by atoms with E-state index in [-0.39, 0.29) is 0 Å². The van der Waals surface area contributed by atoms with Crippen LogP contribution < -0.4 is 5.73 Å². The predicted octanol–water partition coefficient (Wildman–Crippen LogP) is 1.61. The van der Waals surface area contributed by atoms with Gasteiger partial charge in [-0.2, -0.15) is 0 Å². The third kappa shape index (κ3) is 3.93. The Morgan fingerprint density at radius 1 is 1.20 bits per heavy atom. The first-order chi connectivity index (χ1) is 7.13. The summed E-state index contributed by atoms with van der Waals surface area (Å²) < 4.78 is 25.4. The van der Waals surface area contributed by atoms with E-state index >= 15 is 0 Å². The molecule has 0 aromatic heterocycles. The number of hydrogen-bond acceptors (Lipinski definition) is 2. The maximum Gasteiger partial charge on any atom is 0.159 e. The van der Waals surface area contributed by atoms with Crippen molar-refractivity contribution in [3.63, 3.8) is 0 Å². The van der Waals surface area contributed by atoms with Crippen LogP contribution in [0.2, 0.25) is 0 Å². The van der Waals surface area contributed by atoms with Gasteiger partial charge >= 0.3 is 0 Å². The molecule has 0 saturated carbocycles. The van der Waals surface area contributed by atoms with Crippen molar-refractivity contribution in [1.29, 1.82) is 0 Å². The number of aliphatic hydroxyl groups excluding tert-OH is 1. The van der Waals surface area contributed by atoms with Gasteiger partial charge in [0.1, 0.15) is 0 Å². The smallest absolute Gasteiger partial charge is 0.159 e. The van der Waals surface area contributed by atoms with Gasteiger partial charge in [-0.1, -0.05) is 6.07 Å². The second-order valence-electron chi connectivity index (χ2n) is 3.52. The van der Waals surface area contributed by atoms with E-state index in [1.54, 1.807) is 0 Å². The minimum Gasteiger partial charge on any atom is -0.393 e. The lowest BCUT2D eigenvalue weighted by Gasteiger charge is -2.08. The first-order valence-corrected chi connectivity index (χ1v) is 4.95. The van der Waals surface area contributed by atoms with Crippen LogP contribution in [0.4, 0.5) is 8.78 Å². The molecule has 0 saturated heterocycles. The van der Waals surface area contributed by atoms with E-state index in [2.05, 4.69) is 0 Å². The number of nitrogens with two attached hydrogens (primary N) is 1. The van der Waals surface area contributed by atoms with E-state index < -0.39 is 17.7 Å². The Morgan fingerprint density at radius 3 is 2.53 bits per heavy atom. The van der Waals surface area contributed by atoms with Crippen molar-refractivity contribution >= 4 is 0 Å². The van der Waals surface area contributed by atoms with Crippen molar-refractivity contribution < 1.29 is 13.9 Å². The van der Waals surface area contributed by atoms with Crippen molar-refractivity contribution in [2.75, 3.05) is 6.54 Å². The quantitative estimate of drug-likeness (QED) is 0.783. The molecule has 0 aliphatic carbocycles.